The van der Waals surface area contributed by atoms with Gasteiger partial charge in [0.05, 0.1) is 6.42 Å². The summed E-state index contributed by atoms with van der Waals surface area (Å²) in [6.45, 7) is 1.98. The van der Waals surface area contributed by atoms with E-state index in [1.807, 2.05) is 6.92 Å². The maximum atomic E-state index is 11.4. The molecule has 1 atom stereocenters. The Morgan fingerprint density at radius 1 is 1.43 bits per heavy atom. The maximum Gasteiger partial charge on any atom is 0.307 e. The van der Waals surface area contributed by atoms with Crippen molar-refractivity contribution in [2.24, 2.45) is 5.73 Å². The third-order valence-corrected chi connectivity index (χ3v) is 2.80. The molecule has 0 radical (unpaired) electrons. The van der Waals surface area contributed by atoms with Crippen molar-refractivity contribution < 1.29 is 9.53 Å². The van der Waals surface area contributed by atoms with E-state index in [0.29, 0.717) is 6.42 Å². The van der Waals surface area contributed by atoms with Crippen molar-refractivity contribution in [3.63, 3.8) is 0 Å². The predicted molar refractivity (Wildman–Crippen MR) is 55.8 cm³/mol. The molecule has 0 bridgehead atoms. The molecule has 0 aromatic heterocycles. The van der Waals surface area contributed by atoms with Crippen molar-refractivity contribution in [1.82, 2.24) is 0 Å². The minimum absolute atomic E-state index is 0.0360. The Morgan fingerprint density at radius 2 is 2.07 bits per heavy atom. The molecule has 1 unspecified atom stereocenters. The van der Waals surface area contributed by atoms with E-state index in [1.165, 1.54) is 19.3 Å². The van der Waals surface area contributed by atoms with Gasteiger partial charge in [-0.15, -0.1) is 0 Å². The number of hydrogen-bond acceptors (Lipinski definition) is 3. The zero-order valence-electron chi connectivity index (χ0n) is 9.00. The highest BCUT2D eigenvalue weighted by Crippen LogP contribution is 2.20. The average molecular weight is 199 g/mol. The minimum atomic E-state index is -0.119. The molecule has 1 fully saturated rings. The molecule has 3 heteroatoms. The molecule has 3 nitrogen and oxygen atoms in total. The van der Waals surface area contributed by atoms with Crippen molar-refractivity contribution in [2.75, 3.05) is 0 Å². The smallest absolute Gasteiger partial charge is 0.307 e. The number of rotatable bonds is 4. The van der Waals surface area contributed by atoms with Crippen LogP contribution >= 0.6 is 0 Å². The monoisotopic (exact) mass is 199 g/mol. The van der Waals surface area contributed by atoms with E-state index in [2.05, 4.69) is 0 Å². The molecule has 14 heavy (non-hydrogen) atoms. The number of ether oxygens (including phenoxy) is 1. The molecule has 82 valence electrons. The summed E-state index contributed by atoms with van der Waals surface area (Å²) >= 11 is 0. The second-order valence-electron chi connectivity index (χ2n) is 4.12. The molecule has 0 aromatic carbocycles. The minimum Gasteiger partial charge on any atom is -0.462 e. The van der Waals surface area contributed by atoms with Crippen molar-refractivity contribution in [2.45, 2.75) is 64.0 Å². The topological polar surface area (TPSA) is 52.3 Å². The number of carbonyl (C=O) groups excluding carboxylic acids is 1. The van der Waals surface area contributed by atoms with E-state index in [0.717, 1.165) is 19.3 Å². The summed E-state index contributed by atoms with van der Waals surface area (Å²) < 4.78 is 5.34. The summed E-state index contributed by atoms with van der Waals surface area (Å²) in [7, 11) is 0. The number of esters is 1. The Kier molecular flexibility index (Phi) is 4.94. The molecule has 0 amide bonds. The fraction of sp³-hybridized carbons (Fsp3) is 0.909. The van der Waals surface area contributed by atoms with Gasteiger partial charge in [0.15, 0.2) is 0 Å². The van der Waals surface area contributed by atoms with E-state index in [1.54, 1.807) is 0 Å². The van der Waals surface area contributed by atoms with Crippen molar-refractivity contribution in [3.8, 4) is 0 Å². The average Bonchev–Trinajstić information content (AvgIpc) is 2.19. The van der Waals surface area contributed by atoms with Crippen LogP contribution in [0.4, 0.5) is 0 Å². The van der Waals surface area contributed by atoms with Gasteiger partial charge in [0.2, 0.25) is 0 Å². The molecular weight excluding hydrogens is 178 g/mol. The fourth-order valence-corrected chi connectivity index (χ4v) is 1.78. The molecule has 1 saturated carbocycles. The van der Waals surface area contributed by atoms with Crippen LogP contribution in [0.3, 0.4) is 0 Å². The van der Waals surface area contributed by atoms with Crippen LogP contribution < -0.4 is 5.73 Å². The van der Waals surface area contributed by atoms with Gasteiger partial charge in [-0.25, -0.2) is 0 Å². The van der Waals surface area contributed by atoms with Crippen molar-refractivity contribution >= 4 is 5.97 Å². The Morgan fingerprint density at radius 3 is 2.64 bits per heavy atom. The predicted octanol–water partition coefficient (Wildman–Crippen LogP) is 1.99. The highest BCUT2D eigenvalue weighted by atomic mass is 16.5. The molecule has 2 N–H and O–H groups in total. The lowest BCUT2D eigenvalue weighted by atomic mass is 9.98. The zero-order valence-corrected chi connectivity index (χ0v) is 9.00. The molecular formula is C11H21NO2. The Balaban J connectivity index is 2.18. The van der Waals surface area contributed by atoms with Crippen LogP contribution in [0, 0.1) is 0 Å². The van der Waals surface area contributed by atoms with Crippen LogP contribution in [0.2, 0.25) is 0 Å². The zero-order chi connectivity index (χ0) is 10.4. The van der Waals surface area contributed by atoms with Gasteiger partial charge in [-0.1, -0.05) is 13.3 Å². The number of carbonyl (C=O) groups is 1. The summed E-state index contributed by atoms with van der Waals surface area (Å²) in [5.74, 6) is -0.119. The maximum absolute atomic E-state index is 11.4. The van der Waals surface area contributed by atoms with Gasteiger partial charge in [-0.2, -0.15) is 0 Å². The SMILES string of the molecule is CCC(N)CC(=O)OC1CCCCC1. The molecule has 0 aliphatic heterocycles. The summed E-state index contributed by atoms with van der Waals surface area (Å²) in [6, 6.07) is -0.0360. The fourth-order valence-electron chi connectivity index (χ4n) is 1.78. The second kappa shape index (κ2) is 6.02. The van der Waals surface area contributed by atoms with Crippen LogP contribution in [0.15, 0.2) is 0 Å². The van der Waals surface area contributed by atoms with Gasteiger partial charge in [0.25, 0.3) is 0 Å². The molecule has 0 aromatic rings. The van der Waals surface area contributed by atoms with E-state index >= 15 is 0 Å². The first-order chi connectivity index (χ1) is 6.72. The Hall–Kier alpha value is -0.570. The third kappa shape index (κ3) is 4.09. The molecule has 0 spiro atoms. The number of nitrogens with two attached hydrogens (primary N) is 1. The normalized spacial score (nSPS) is 20.4. The lowest BCUT2D eigenvalue weighted by Crippen LogP contribution is -2.27. The third-order valence-electron chi connectivity index (χ3n) is 2.80. The van der Waals surface area contributed by atoms with Crippen molar-refractivity contribution in [1.29, 1.82) is 0 Å². The van der Waals surface area contributed by atoms with Gasteiger partial charge in [-0.05, 0) is 32.1 Å². The Bertz CT molecular complexity index is 176. The summed E-state index contributed by atoms with van der Waals surface area (Å²) in [5, 5.41) is 0. The summed E-state index contributed by atoms with van der Waals surface area (Å²) in [4.78, 5) is 11.4. The van der Waals surface area contributed by atoms with E-state index in [4.69, 9.17) is 10.5 Å². The van der Waals surface area contributed by atoms with E-state index in [-0.39, 0.29) is 18.1 Å². The van der Waals surface area contributed by atoms with Gasteiger partial charge in [0.1, 0.15) is 6.10 Å². The molecule has 0 heterocycles. The molecule has 1 aliphatic carbocycles. The quantitative estimate of drug-likeness (QED) is 0.704. The number of hydrogen-bond donors (Lipinski definition) is 1. The highest BCUT2D eigenvalue weighted by Gasteiger charge is 2.18. The van der Waals surface area contributed by atoms with Crippen molar-refractivity contribution in [3.05, 3.63) is 0 Å². The standard InChI is InChI=1S/C11H21NO2/c1-2-9(12)8-11(13)14-10-6-4-3-5-7-10/h9-10H,2-8,12H2,1H3. The van der Waals surface area contributed by atoms with E-state index in [9.17, 15) is 4.79 Å². The van der Waals surface area contributed by atoms with Crippen LogP contribution in [0.1, 0.15) is 51.9 Å². The first-order valence-electron chi connectivity index (χ1n) is 5.67. The first-order valence-corrected chi connectivity index (χ1v) is 5.67. The van der Waals surface area contributed by atoms with E-state index < -0.39 is 0 Å². The molecule has 0 saturated heterocycles. The highest BCUT2D eigenvalue weighted by molar-refractivity contribution is 5.70. The molecule has 1 rings (SSSR count). The van der Waals surface area contributed by atoms with Crippen LogP contribution in [-0.2, 0) is 9.53 Å². The Labute approximate surface area is 86.0 Å². The lowest BCUT2D eigenvalue weighted by molar-refractivity contribution is -0.150. The van der Waals surface area contributed by atoms with Crippen LogP contribution in [0.25, 0.3) is 0 Å². The van der Waals surface area contributed by atoms with Gasteiger partial charge in [-0.3, -0.25) is 4.79 Å². The van der Waals surface area contributed by atoms with Crippen LogP contribution in [0.5, 0.6) is 0 Å². The second-order valence-corrected chi connectivity index (χ2v) is 4.12. The first kappa shape index (κ1) is 11.5. The van der Waals surface area contributed by atoms with Gasteiger partial charge in [0, 0.05) is 6.04 Å². The van der Waals surface area contributed by atoms with Crippen LogP contribution in [-0.4, -0.2) is 18.1 Å². The summed E-state index contributed by atoms with van der Waals surface area (Å²) in [6.07, 6.45) is 7.10. The largest absolute Gasteiger partial charge is 0.462 e. The summed E-state index contributed by atoms with van der Waals surface area (Å²) in [5.41, 5.74) is 5.68. The lowest BCUT2D eigenvalue weighted by Gasteiger charge is -2.22. The molecule has 1 aliphatic rings. The van der Waals surface area contributed by atoms with Gasteiger partial charge >= 0.3 is 5.97 Å². The van der Waals surface area contributed by atoms with Gasteiger partial charge < -0.3 is 10.5 Å².